The smallest absolute Gasteiger partial charge is 0.410 e. The molecule has 5 nitrogen and oxygen atoms in total. The Labute approximate surface area is 166 Å². The summed E-state index contributed by atoms with van der Waals surface area (Å²) in [5.74, 6) is 0.0895. The van der Waals surface area contributed by atoms with Gasteiger partial charge in [-0.1, -0.05) is 24.3 Å². The highest BCUT2D eigenvalue weighted by atomic mass is 16.6. The van der Waals surface area contributed by atoms with Gasteiger partial charge in [0, 0.05) is 41.3 Å². The molecule has 0 aliphatic carbocycles. The molecule has 3 heterocycles. The number of pyridine rings is 1. The molecule has 2 aromatic rings. The lowest BCUT2D eigenvalue weighted by atomic mass is 9.75. The van der Waals surface area contributed by atoms with E-state index in [1.165, 1.54) is 0 Å². The first-order valence-corrected chi connectivity index (χ1v) is 10.2. The van der Waals surface area contributed by atoms with Gasteiger partial charge < -0.3 is 9.64 Å². The van der Waals surface area contributed by atoms with Crippen molar-refractivity contribution in [1.29, 1.82) is 0 Å². The topological polar surface area (TPSA) is 59.5 Å². The zero-order chi connectivity index (χ0) is 19.9. The minimum Gasteiger partial charge on any atom is -0.444 e. The van der Waals surface area contributed by atoms with Crippen molar-refractivity contribution >= 4 is 22.6 Å². The number of ether oxygens (including phenoxy) is 1. The van der Waals surface area contributed by atoms with Gasteiger partial charge in [-0.3, -0.25) is 9.78 Å². The Morgan fingerprint density at radius 2 is 1.75 bits per heavy atom. The van der Waals surface area contributed by atoms with Crippen LogP contribution in [-0.2, 0) is 4.74 Å². The highest BCUT2D eigenvalue weighted by Gasteiger charge is 2.44. The molecule has 2 fully saturated rings. The highest BCUT2D eigenvalue weighted by molar-refractivity contribution is 6.08. The number of ketones is 1. The number of piperidine rings is 2. The third kappa shape index (κ3) is 3.62. The van der Waals surface area contributed by atoms with E-state index in [1.807, 2.05) is 49.9 Å². The Hall–Kier alpha value is -2.43. The summed E-state index contributed by atoms with van der Waals surface area (Å²) in [5.41, 5.74) is 0.194. The molecule has 0 N–H and O–H groups in total. The summed E-state index contributed by atoms with van der Waals surface area (Å²) >= 11 is 0. The number of hydrogen-bond acceptors (Lipinski definition) is 4. The number of amides is 1. The second-order valence-corrected chi connectivity index (χ2v) is 9.07. The van der Waals surface area contributed by atoms with E-state index in [1.54, 1.807) is 12.4 Å². The number of benzene rings is 1. The van der Waals surface area contributed by atoms with Gasteiger partial charge in [-0.25, -0.2) is 4.79 Å². The molecule has 2 saturated heterocycles. The predicted octanol–water partition coefficient (Wildman–Crippen LogP) is 4.99. The molecule has 0 saturated carbocycles. The maximum Gasteiger partial charge on any atom is 0.410 e. The van der Waals surface area contributed by atoms with Crippen LogP contribution in [0.3, 0.4) is 0 Å². The van der Waals surface area contributed by atoms with Crippen molar-refractivity contribution in [2.24, 2.45) is 5.92 Å². The van der Waals surface area contributed by atoms with Gasteiger partial charge >= 0.3 is 6.09 Å². The van der Waals surface area contributed by atoms with Gasteiger partial charge in [-0.2, -0.15) is 0 Å². The van der Waals surface area contributed by atoms with Gasteiger partial charge in [0.2, 0.25) is 0 Å². The van der Waals surface area contributed by atoms with Crippen molar-refractivity contribution in [3.8, 4) is 0 Å². The normalized spacial score (nSPS) is 24.8. The van der Waals surface area contributed by atoms with Gasteiger partial charge in [0.25, 0.3) is 0 Å². The molecule has 2 aliphatic heterocycles. The van der Waals surface area contributed by atoms with Crippen molar-refractivity contribution in [3.63, 3.8) is 0 Å². The number of rotatable bonds is 2. The Morgan fingerprint density at radius 3 is 2.43 bits per heavy atom. The van der Waals surface area contributed by atoms with Crippen LogP contribution in [0.1, 0.15) is 63.2 Å². The van der Waals surface area contributed by atoms with Crippen LogP contribution in [0.25, 0.3) is 10.8 Å². The summed E-state index contributed by atoms with van der Waals surface area (Å²) in [6, 6.07) is 8.05. The molecule has 0 radical (unpaired) electrons. The third-order valence-corrected chi connectivity index (χ3v) is 5.88. The number of carbonyl (C=O) groups is 2. The molecule has 148 valence electrons. The molecule has 1 aromatic heterocycles. The third-order valence-electron chi connectivity index (χ3n) is 5.88. The van der Waals surface area contributed by atoms with Gasteiger partial charge in [0.1, 0.15) is 5.60 Å². The van der Waals surface area contributed by atoms with Crippen molar-refractivity contribution in [3.05, 3.63) is 42.2 Å². The van der Waals surface area contributed by atoms with E-state index < -0.39 is 5.60 Å². The van der Waals surface area contributed by atoms with Crippen LogP contribution >= 0.6 is 0 Å². The SMILES string of the molecule is CC(C)(C)OC(=O)N1C2CCCC1CC(C(=O)c1cncc3ccccc13)C2. The summed E-state index contributed by atoms with van der Waals surface area (Å²) in [7, 11) is 0. The van der Waals surface area contributed by atoms with Crippen LogP contribution in [0.15, 0.2) is 36.7 Å². The summed E-state index contributed by atoms with van der Waals surface area (Å²) < 4.78 is 5.64. The first kappa shape index (κ1) is 18.9. The minimum absolute atomic E-state index is 0.0680. The fourth-order valence-corrected chi connectivity index (χ4v) is 4.74. The quantitative estimate of drug-likeness (QED) is 0.689. The van der Waals surface area contributed by atoms with Crippen molar-refractivity contribution in [1.82, 2.24) is 9.88 Å². The molecule has 2 unspecified atom stereocenters. The van der Waals surface area contributed by atoms with E-state index in [2.05, 4.69) is 4.98 Å². The Morgan fingerprint density at radius 1 is 1.07 bits per heavy atom. The Bertz CT molecular complexity index is 883. The summed E-state index contributed by atoms with van der Waals surface area (Å²) in [5, 5.41) is 1.95. The number of hydrogen-bond donors (Lipinski definition) is 0. The zero-order valence-corrected chi connectivity index (χ0v) is 16.9. The Balaban J connectivity index is 1.57. The maximum atomic E-state index is 13.4. The molecule has 4 rings (SSSR count). The fraction of sp³-hybridized carbons (Fsp3) is 0.522. The number of Topliss-reactive ketones (excluding diaryl/α,β-unsaturated/α-hetero) is 1. The molecule has 2 bridgehead atoms. The maximum absolute atomic E-state index is 13.4. The zero-order valence-electron chi connectivity index (χ0n) is 16.9. The predicted molar refractivity (Wildman–Crippen MR) is 108 cm³/mol. The van der Waals surface area contributed by atoms with Crippen LogP contribution in [0, 0.1) is 5.92 Å². The molecule has 2 aliphatic rings. The lowest BCUT2D eigenvalue weighted by molar-refractivity contribution is -0.0260. The van der Waals surface area contributed by atoms with E-state index in [0.717, 1.165) is 30.0 Å². The van der Waals surface area contributed by atoms with Crippen molar-refractivity contribution in [2.75, 3.05) is 0 Å². The number of nitrogens with zero attached hydrogens (tertiary/aromatic N) is 2. The molecule has 2 atom stereocenters. The van der Waals surface area contributed by atoms with Gasteiger partial charge in [0.05, 0.1) is 0 Å². The van der Waals surface area contributed by atoms with Crippen LogP contribution in [0.4, 0.5) is 4.79 Å². The standard InChI is InChI=1S/C23H28N2O3/c1-23(2,3)28-22(27)25-17-8-6-9-18(25)12-16(11-17)21(26)20-14-24-13-15-7-4-5-10-19(15)20/h4-5,7,10,13-14,16-18H,6,8-9,11-12H2,1-3H3. The van der Waals surface area contributed by atoms with E-state index >= 15 is 0 Å². The molecule has 0 spiro atoms. The van der Waals surface area contributed by atoms with E-state index in [9.17, 15) is 9.59 Å². The van der Waals surface area contributed by atoms with Crippen molar-refractivity contribution in [2.45, 2.75) is 70.6 Å². The van der Waals surface area contributed by atoms with Crippen LogP contribution in [0.2, 0.25) is 0 Å². The molecular formula is C23H28N2O3. The second-order valence-electron chi connectivity index (χ2n) is 9.07. The van der Waals surface area contributed by atoms with E-state index in [-0.39, 0.29) is 29.9 Å². The van der Waals surface area contributed by atoms with Gasteiger partial charge in [-0.05, 0) is 58.3 Å². The van der Waals surface area contributed by atoms with Crippen LogP contribution < -0.4 is 0 Å². The number of fused-ring (bicyclic) bond motifs is 3. The molecule has 5 heteroatoms. The van der Waals surface area contributed by atoms with Crippen molar-refractivity contribution < 1.29 is 14.3 Å². The lowest BCUT2D eigenvalue weighted by Crippen LogP contribution is -2.56. The summed E-state index contributed by atoms with van der Waals surface area (Å²) in [6.45, 7) is 5.68. The Kier molecular flexibility index (Phi) is 4.86. The van der Waals surface area contributed by atoms with Crippen LogP contribution in [0.5, 0.6) is 0 Å². The monoisotopic (exact) mass is 380 g/mol. The summed E-state index contributed by atoms with van der Waals surface area (Å²) in [6.07, 6.45) is 7.65. The fourth-order valence-electron chi connectivity index (χ4n) is 4.74. The van der Waals surface area contributed by atoms with Gasteiger partial charge in [0.15, 0.2) is 5.78 Å². The molecule has 1 amide bonds. The lowest BCUT2D eigenvalue weighted by Gasteiger charge is -2.48. The average molecular weight is 380 g/mol. The molecular weight excluding hydrogens is 352 g/mol. The minimum atomic E-state index is -0.507. The first-order chi connectivity index (χ1) is 13.3. The van der Waals surface area contributed by atoms with Gasteiger partial charge in [-0.15, -0.1) is 0 Å². The molecule has 28 heavy (non-hydrogen) atoms. The highest BCUT2D eigenvalue weighted by Crippen LogP contribution is 2.39. The first-order valence-electron chi connectivity index (χ1n) is 10.2. The summed E-state index contributed by atoms with van der Waals surface area (Å²) in [4.78, 5) is 32.3. The number of aromatic nitrogens is 1. The largest absolute Gasteiger partial charge is 0.444 e. The van der Waals surface area contributed by atoms with E-state index in [0.29, 0.717) is 18.4 Å². The average Bonchev–Trinajstić information content (AvgIpc) is 2.64. The van der Waals surface area contributed by atoms with E-state index in [4.69, 9.17) is 4.74 Å². The second kappa shape index (κ2) is 7.19. The molecule has 1 aromatic carbocycles. The van der Waals surface area contributed by atoms with Crippen LogP contribution in [-0.4, -0.2) is 39.4 Å². The number of carbonyl (C=O) groups excluding carboxylic acids is 2.